The molecule has 1 atom stereocenters. The Labute approximate surface area is 150 Å². The van der Waals surface area contributed by atoms with Crippen molar-refractivity contribution in [2.45, 2.75) is 51.2 Å². The summed E-state index contributed by atoms with van der Waals surface area (Å²) in [6, 6.07) is 3.36. The van der Waals surface area contributed by atoms with Crippen LogP contribution >= 0.6 is 11.6 Å². The Hall–Kier alpha value is -2.28. The van der Waals surface area contributed by atoms with E-state index in [0.717, 1.165) is 32.1 Å². The first kappa shape index (κ1) is 19.1. The number of hydrogen-bond donors (Lipinski definition) is 3. The second-order valence-electron chi connectivity index (χ2n) is 6.01. The number of phenols is 1. The molecule has 0 bridgehead atoms. The van der Waals surface area contributed by atoms with Gasteiger partial charge < -0.3 is 15.2 Å². The highest BCUT2D eigenvalue weighted by molar-refractivity contribution is 6.31. The van der Waals surface area contributed by atoms with Crippen LogP contribution in [0.4, 0.5) is 4.79 Å². The highest BCUT2D eigenvalue weighted by Crippen LogP contribution is 2.22. The number of carbonyl (C=O) groups excluding carboxylic acids is 3. The number of imide groups is 1. The summed E-state index contributed by atoms with van der Waals surface area (Å²) in [4.78, 5) is 35.8. The molecule has 0 aromatic heterocycles. The predicted octanol–water partition coefficient (Wildman–Crippen LogP) is 2.75. The average molecular weight is 369 g/mol. The van der Waals surface area contributed by atoms with Crippen molar-refractivity contribution in [3.05, 3.63) is 28.8 Å². The Bertz CT molecular complexity index is 658. The first-order valence-corrected chi connectivity index (χ1v) is 8.55. The number of esters is 1. The quantitative estimate of drug-likeness (QED) is 0.709. The number of hydrogen-bond acceptors (Lipinski definition) is 5. The molecular weight excluding hydrogens is 348 g/mol. The molecule has 0 spiro atoms. The van der Waals surface area contributed by atoms with Crippen molar-refractivity contribution in [3.63, 3.8) is 0 Å². The maximum Gasteiger partial charge on any atom is 0.342 e. The van der Waals surface area contributed by atoms with Crippen molar-refractivity contribution in [3.8, 4) is 5.75 Å². The standard InChI is InChI=1S/C17H21ClN2O5/c1-10(25-16(23)13-9-11(18)7-8-14(13)21)15(22)20-17(24)19-12-5-3-2-4-6-12/h7-10,12,21H,2-6H2,1H3,(H2,19,20,22,24)/t10-/m0/s1. The van der Waals surface area contributed by atoms with Gasteiger partial charge in [0.15, 0.2) is 6.10 Å². The van der Waals surface area contributed by atoms with E-state index >= 15 is 0 Å². The topological polar surface area (TPSA) is 105 Å². The molecule has 136 valence electrons. The van der Waals surface area contributed by atoms with Gasteiger partial charge in [-0.25, -0.2) is 9.59 Å². The van der Waals surface area contributed by atoms with E-state index < -0.39 is 24.0 Å². The van der Waals surface area contributed by atoms with E-state index in [2.05, 4.69) is 10.6 Å². The van der Waals surface area contributed by atoms with E-state index in [0.29, 0.717) is 0 Å². The summed E-state index contributed by atoms with van der Waals surface area (Å²) in [6.45, 7) is 1.34. The van der Waals surface area contributed by atoms with Crippen molar-refractivity contribution in [2.24, 2.45) is 0 Å². The fraction of sp³-hybridized carbons (Fsp3) is 0.471. The van der Waals surface area contributed by atoms with Crippen LogP contribution in [-0.4, -0.2) is 35.2 Å². The molecule has 3 amide bonds. The fourth-order valence-electron chi connectivity index (χ4n) is 2.63. The summed E-state index contributed by atoms with van der Waals surface area (Å²) in [5, 5.41) is 14.8. The number of urea groups is 1. The molecule has 25 heavy (non-hydrogen) atoms. The average Bonchev–Trinajstić information content (AvgIpc) is 2.57. The van der Waals surface area contributed by atoms with Gasteiger partial charge in [-0.15, -0.1) is 0 Å². The Morgan fingerprint density at radius 1 is 1.24 bits per heavy atom. The lowest BCUT2D eigenvalue weighted by molar-refractivity contribution is -0.127. The van der Waals surface area contributed by atoms with E-state index in [-0.39, 0.29) is 22.4 Å². The number of rotatable bonds is 4. The van der Waals surface area contributed by atoms with Gasteiger partial charge in [0, 0.05) is 11.1 Å². The van der Waals surface area contributed by atoms with Crippen molar-refractivity contribution in [2.75, 3.05) is 0 Å². The van der Waals surface area contributed by atoms with Gasteiger partial charge in [-0.1, -0.05) is 30.9 Å². The van der Waals surface area contributed by atoms with Gasteiger partial charge in [0.1, 0.15) is 11.3 Å². The number of aromatic hydroxyl groups is 1. The highest BCUT2D eigenvalue weighted by atomic mass is 35.5. The van der Waals surface area contributed by atoms with Gasteiger partial charge in [0.25, 0.3) is 5.91 Å². The summed E-state index contributed by atoms with van der Waals surface area (Å²) in [6.07, 6.45) is 3.83. The van der Waals surface area contributed by atoms with Crippen LogP contribution in [0.5, 0.6) is 5.75 Å². The van der Waals surface area contributed by atoms with Gasteiger partial charge in [0.2, 0.25) is 0 Å². The summed E-state index contributed by atoms with van der Waals surface area (Å²) < 4.78 is 4.98. The van der Waals surface area contributed by atoms with E-state index in [9.17, 15) is 19.5 Å². The molecule has 0 unspecified atom stereocenters. The zero-order chi connectivity index (χ0) is 18.4. The molecule has 1 aromatic rings. The molecule has 0 saturated heterocycles. The van der Waals surface area contributed by atoms with Crippen molar-refractivity contribution >= 4 is 29.5 Å². The van der Waals surface area contributed by atoms with Gasteiger partial charge in [-0.2, -0.15) is 0 Å². The maximum absolute atomic E-state index is 12.0. The molecule has 0 heterocycles. The Morgan fingerprint density at radius 3 is 2.60 bits per heavy atom. The monoisotopic (exact) mass is 368 g/mol. The molecule has 1 fully saturated rings. The molecule has 8 heteroatoms. The zero-order valence-corrected chi connectivity index (χ0v) is 14.6. The lowest BCUT2D eigenvalue weighted by atomic mass is 9.96. The number of benzene rings is 1. The number of carbonyl (C=O) groups is 3. The molecule has 1 aromatic carbocycles. The minimum absolute atomic E-state index is 0.0582. The fourth-order valence-corrected chi connectivity index (χ4v) is 2.80. The first-order valence-electron chi connectivity index (χ1n) is 8.17. The SMILES string of the molecule is C[C@H](OC(=O)c1cc(Cl)ccc1O)C(=O)NC(=O)NC1CCCCC1. The van der Waals surface area contributed by atoms with Crippen LogP contribution in [0.1, 0.15) is 49.4 Å². The second kappa shape index (κ2) is 8.71. The first-order chi connectivity index (χ1) is 11.9. The third kappa shape index (κ3) is 5.63. The molecule has 1 aliphatic rings. The van der Waals surface area contributed by atoms with E-state index in [4.69, 9.17) is 16.3 Å². The number of ether oxygens (including phenoxy) is 1. The van der Waals surface area contributed by atoms with Crippen LogP contribution in [0.15, 0.2) is 18.2 Å². The van der Waals surface area contributed by atoms with Crippen molar-refractivity contribution in [1.82, 2.24) is 10.6 Å². The lowest BCUT2D eigenvalue weighted by Gasteiger charge is -2.23. The van der Waals surface area contributed by atoms with Crippen LogP contribution in [0.2, 0.25) is 5.02 Å². The Morgan fingerprint density at radius 2 is 1.92 bits per heavy atom. The lowest BCUT2D eigenvalue weighted by Crippen LogP contribution is -2.48. The summed E-state index contributed by atoms with van der Waals surface area (Å²) in [5.41, 5.74) is -0.154. The van der Waals surface area contributed by atoms with Gasteiger partial charge in [0.05, 0.1) is 0 Å². The largest absolute Gasteiger partial charge is 0.507 e. The molecule has 7 nitrogen and oxygen atoms in total. The van der Waals surface area contributed by atoms with Gasteiger partial charge in [-0.05, 0) is 38.0 Å². The predicted molar refractivity (Wildman–Crippen MR) is 91.5 cm³/mol. The molecule has 1 aliphatic carbocycles. The number of nitrogens with one attached hydrogen (secondary N) is 2. The molecule has 2 rings (SSSR count). The molecule has 0 aliphatic heterocycles. The smallest absolute Gasteiger partial charge is 0.342 e. The normalized spacial score (nSPS) is 15.9. The molecular formula is C17H21ClN2O5. The van der Waals surface area contributed by atoms with Gasteiger partial charge >= 0.3 is 12.0 Å². The van der Waals surface area contributed by atoms with E-state index in [1.165, 1.54) is 25.1 Å². The van der Waals surface area contributed by atoms with Gasteiger partial charge in [-0.3, -0.25) is 10.1 Å². The van der Waals surface area contributed by atoms with Crippen molar-refractivity contribution < 1.29 is 24.2 Å². The minimum atomic E-state index is -1.21. The van der Waals surface area contributed by atoms with Crippen LogP contribution in [-0.2, 0) is 9.53 Å². The number of halogens is 1. The van der Waals surface area contributed by atoms with Crippen LogP contribution in [0.25, 0.3) is 0 Å². The van der Waals surface area contributed by atoms with Crippen LogP contribution < -0.4 is 10.6 Å². The highest BCUT2D eigenvalue weighted by Gasteiger charge is 2.24. The summed E-state index contributed by atoms with van der Waals surface area (Å²) in [7, 11) is 0. The number of amides is 3. The third-order valence-corrected chi connectivity index (χ3v) is 4.24. The maximum atomic E-state index is 12.0. The molecule has 0 radical (unpaired) electrons. The summed E-state index contributed by atoms with van der Waals surface area (Å²) >= 11 is 5.77. The zero-order valence-electron chi connectivity index (χ0n) is 13.9. The van der Waals surface area contributed by atoms with E-state index in [1.807, 2.05) is 0 Å². The number of phenolic OH excluding ortho intramolecular Hbond substituents is 1. The van der Waals surface area contributed by atoms with Crippen LogP contribution in [0, 0.1) is 0 Å². The Balaban J connectivity index is 1.85. The van der Waals surface area contributed by atoms with Crippen LogP contribution in [0.3, 0.4) is 0 Å². The molecule has 1 saturated carbocycles. The molecule has 3 N–H and O–H groups in total. The third-order valence-electron chi connectivity index (χ3n) is 4.01. The minimum Gasteiger partial charge on any atom is -0.507 e. The van der Waals surface area contributed by atoms with E-state index in [1.54, 1.807) is 0 Å². The second-order valence-corrected chi connectivity index (χ2v) is 6.44. The summed E-state index contributed by atoms with van der Waals surface area (Å²) in [5.74, 6) is -1.96. The Kier molecular flexibility index (Phi) is 6.64. The van der Waals surface area contributed by atoms with Crippen molar-refractivity contribution in [1.29, 1.82) is 0 Å².